The summed E-state index contributed by atoms with van der Waals surface area (Å²) < 4.78 is 5.07. The maximum absolute atomic E-state index is 2.55. The van der Waals surface area contributed by atoms with Crippen LogP contribution in [0.3, 0.4) is 0 Å². The van der Waals surface area contributed by atoms with E-state index < -0.39 is 10.8 Å². The van der Waals surface area contributed by atoms with Crippen LogP contribution in [0.5, 0.6) is 0 Å². The lowest BCUT2D eigenvalue weighted by Crippen LogP contribution is -2.28. The topological polar surface area (TPSA) is 6.48 Å². The molecule has 0 bridgehead atoms. The summed E-state index contributed by atoms with van der Waals surface area (Å²) >= 11 is 3.74. The predicted octanol–water partition coefficient (Wildman–Crippen LogP) is 34.4. The van der Waals surface area contributed by atoms with Crippen LogP contribution in [0.15, 0.2) is 473 Å². The van der Waals surface area contributed by atoms with E-state index in [4.69, 9.17) is 0 Å². The van der Waals surface area contributed by atoms with Crippen molar-refractivity contribution in [2.75, 3.05) is 9.80 Å². The van der Waals surface area contributed by atoms with Crippen molar-refractivity contribution in [1.29, 1.82) is 0 Å². The van der Waals surface area contributed by atoms with Gasteiger partial charge in [-0.3, -0.25) is 0 Å². The number of benzene rings is 21. The minimum atomic E-state index is -0.586. The standard InChI is InChI=1S/C124H78N2S2/c1-3-32-86(33-4-1)123(87-34-5-2-6-35-87)108-51-18-12-42-103(108)122-111(123)54-28-57-114(122)126(90-73-63-80(64-74-90)92-44-23-30-79-29-7-8-36-91(79)92)113-56-21-14-40-99(113)101-48-27-60-117-121(101)105-76-68-84(78-118(105)128-117)83-67-75-94-85(77-83)31-24-45-93(94)81-61-69-88(70-62-81)125(112-55-20-13-39-98(112)100-47-26-59-116-120(100)104-43-15-22-58-115(104)127-116)89-71-65-82(66-72-89)95-46-25-53-110-119(95)102-41-11-19-52-109(102)124(110)106-49-16-9-37-96(106)97-38-10-17-50-107(97)124/h1-78H. The molecule has 0 aliphatic heterocycles. The molecular weight excluding hydrogens is 1580 g/mol. The van der Waals surface area contributed by atoms with Crippen LogP contribution < -0.4 is 9.80 Å². The predicted molar refractivity (Wildman–Crippen MR) is 543 cm³/mol. The monoisotopic (exact) mass is 1660 g/mol. The Morgan fingerprint density at radius 1 is 0.172 bits per heavy atom. The first-order valence-electron chi connectivity index (χ1n) is 44.3. The smallest absolute Gasteiger partial charge is 0.0725 e. The SMILES string of the molecule is c1ccc(C2(c3ccccc3)c3ccccc3-c3c(N(c4ccc(-c5cccc6ccccc56)cc4)c4ccccc4-c4cccc5sc6cc(-c7ccc8c(-c9ccc(N(c%10ccc(-c%11cccc%12c%11-c%11ccccc%11C%12%11c%12ccccc%12-c%12ccccc%12%11)cc%10)c%10ccccc%10-c%10cccc%11sc%12ccccc%12c%10%11)cc9)cccc8c7)ccc6c45)cccc32)cc1. The molecule has 23 aromatic rings. The highest BCUT2D eigenvalue weighted by Gasteiger charge is 2.53. The van der Waals surface area contributed by atoms with Gasteiger partial charge in [0, 0.05) is 74.1 Å². The zero-order chi connectivity index (χ0) is 84.1. The highest BCUT2D eigenvalue weighted by Crippen LogP contribution is 2.66. The second-order valence-corrected chi connectivity index (χ2v) is 36.4. The van der Waals surface area contributed by atoms with E-state index in [1.807, 2.05) is 22.7 Å². The molecule has 2 nitrogen and oxygen atoms in total. The molecule has 0 N–H and O–H groups in total. The summed E-state index contributed by atoms with van der Waals surface area (Å²) in [6.45, 7) is 0. The molecule has 4 heteroatoms. The number of hydrogen-bond acceptors (Lipinski definition) is 4. The van der Waals surface area contributed by atoms with Crippen molar-refractivity contribution in [2.24, 2.45) is 0 Å². The van der Waals surface area contributed by atoms with Crippen LogP contribution in [0.4, 0.5) is 34.1 Å². The van der Waals surface area contributed by atoms with Crippen LogP contribution in [-0.4, -0.2) is 0 Å². The molecule has 128 heavy (non-hydrogen) atoms. The van der Waals surface area contributed by atoms with E-state index in [0.29, 0.717) is 0 Å². The Morgan fingerprint density at radius 3 is 1.12 bits per heavy atom. The van der Waals surface area contributed by atoms with E-state index in [1.165, 1.54) is 195 Å². The van der Waals surface area contributed by atoms with Gasteiger partial charge in [0.2, 0.25) is 0 Å². The highest BCUT2D eigenvalue weighted by atomic mass is 32.1. The Kier molecular flexibility index (Phi) is 16.9. The number of nitrogens with zero attached hydrogens (tertiary/aromatic N) is 2. The summed E-state index contributed by atoms with van der Waals surface area (Å²) in [4.78, 5) is 5.03. The van der Waals surface area contributed by atoms with Gasteiger partial charge in [-0.05, 0) is 234 Å². The minimum absolute atomic E-state index is 0.431. The van der Waals surface area contributed by atoms with E-state index in [9.17, 15) is 0 Å². The third-order valence-electron chi connectivity index (χ3n) is 27.8. The fourth-order valence-corrected chi connectivity index (χ4v) is 24.8. The number of hydrogen-bond donors (Lipinski definition) is 0. The fraction of sp³-hybridized carbons (Fsp3) is 0.0161. The lowest BCUT2D eigenvalue weighted by Gasteiger charge is -2.34. The van der Waals surface area contributed by atoms with Crippen LogP contribution >= 0.6 is 22.7 Å². The third-order valence-corrected chi connectivity index (χ3v) is 30.1. The van der Waals surface area contributed by atoms with Gasteiger partial charge in [0.05, 0.1) is 27.9 Å². The molecule has 2 heterocycles. The Bertz CT molecular complexity index is 8360. The molecule has 596 valence electrons. The summed E-state index contributed by atoms with van der Waals surface area (Å²) in [5, 5.41) is 9.93. The van der Waals surface area contributed by atoms with Crippen molar-refractivity contribution >= 4 is 119 Å². The van der Waals surface area contributed by atoms with Gasteiger partial charge in [-0.25, -0.2) is 0 Å². The number of para-hydroxylation sites is 2. The molecule has 0 unspecified atom stereocenters. The maximum atomic E-state index is 2.55. The zero-order valence-electron chi connectivity index (χ0n) is 69.7. The summed E-state index contributed by atoms with van der Waals surface area (Å²) in [5.41, 5.74) is 37.8. The molecule has 26 rings (SSSR count). The van der Waals surface area contributed by atoms with E-state index in [2.05, 4.69) is 483 Å². The molecule has 0 radical (unpaired) electrons. The van der Waals surface area contributed by atoms with Gasteiger partial charge in [0.25, 0.3) is 0 Å². The van der Waals surface area contributed by atoms with Crippen molar-refractivity contribution in [3.05, 3.63) is 518 Å². The fourth-order valence-electron chi connectivity index (χ4n) is 22.5. The van der Waals surface area contributed by atoms with Crippen molar-refractivity contribution in [1.82, 2.24) is 0 Å². The average molecular weight is 1660 g/mol. The van der Waals surface area contributed by atoms with Crippen LogP contribution in [0, 0.1) is 0 Å². The van der Waals surface area contributed by atoms with Crippen LogP contribution in [0.2, 0.25) is 0 Å². The van der Waals surface area contributed by atoms with Gasteiger partial charge < -0.3 is 9.80 Å². The molecule has 0 fully saturated rings. The molecule has 3 aliphatic rings. The summed E-state index contributed by atoms with van der Waals surface area (Å²) in [5.74, 6) is 0. The number of fused-ring (bicyclic) bond motifs is 21. The number of rotatable bonds is 14. The quantitative estimate of drug-likeness (QED) is 0.107. The van der Waals surface area contributed by atoms with Gasteiger partial charge in [-0.2, -0.15) is 0 Å². The highest BCUT2D eigenvalue weighted by molar-refractivity contribution is 7.26. The molecule has 3 aliphatic carbocycles. The van der Waals surface area contributed by atoms with Crippen LogP contribution in [-0.2, 0) is 10.8 Å². The zero-order valence-corrected chi connectivity index (χ0v) is 71.4. The van der Waals surface area contributed by atoms with Crippen molar-refractivity contribution in [2.45, 2.75) is 10.8 Å². The molecule has 2 aromatic heterocycles. The van der Waals surface area contributed by atoms with E-state index in [0.717, 1.165) is 45.3 Å². The normalized spacial score (nSPS) is 13.0. The summed E-state index contributed by atoms with van der Waals surface area (Å²) in [6.07, 6.45) is 0. The molecule has 21 aromatic carbocycles. The molecule has 0 amide bonds. The number of anilines is 6. The van der Waals surface area contributed by atoms with E-state index in [1.54, 1.807) is 0 Å². The minimum Gasteiger partial charge on any atom is -0.310 e. The molecule has 0 atom stereocenters. The van der Waals surface area contributed by atoms with Crippen molar-refractivity contribution < 1.29 is 0 Å². The largest absolute Gasteiger partial charge is 0.310 e. The molecular formula is C124H78N2S2. The first kappa shape index (κ1) is 73.7. The third kappa shape index (κ3) is 11.1. The van der Waals surface area contributed by atoms with Gasteiger partial charge in [0.1, 0.15) is 0 Å². The first-order valence-corrected chi connectivity index (χ1v) is 45.9. The van der Waals surface area contributed by atoms with Crippen LogP contribution in [0.25, 0.3) is 162 Å². The first-order chi connectivity index (χ1) is 63.5. The Hall–Kier alpha value is -15.8. The second-order valence-electron chi connectivity index (χ2n) is 34.2. The Morgan fingerprint density at radius 2 is 0.516 bits per heavy atom. The summed E-state index contributed by atoms with van der Waals surface area (Å²) in [6, 6.07) is 178. The molecule has 1 spiro atoms. The van der Waals surface area contributed by atoms with Crippen molar-refractivity contribution in [3.63, 3.8) is 0 Å². The van der Waals surface area contributed by atoms with Gasteiger partial charge in [0.15, 0.2) is 0 Å². The van der Waals surface area contributed by atoms with Gasteiger partial charge >= 0.3 is 0 Å². The average Bonchev–Trinajstić information content (AvgIpc) is 1.51. The van der Waals surface area contributed by atoms with Crippen LogP contribution in [0.1, 0.15) is 44.5 Å². The Labute approximate surface area is 751 Å². The van der Waals surface area contributed by atoms with E-state index in [-0.39, 0.29) is 0 Å². The second kappa shape index (κ2) is 29.4. The number of thiophene rings is 2. The van der Waals surface area contributed by atoms with Crippen molar-refractivity contribution in [3.8, 4) is 100 Å². The van der Waals surface area contributed by atoms with E-state index >= 15 is 0 Å². The Balaban J connectivity index is 0.563. The summed E-state index contributed by atoms with van der Waals surface area (Å²) in [7, 11) is 0. The lowest BCUT2D eigenvalue weighted by molar-refractivity contribution is 0.768. The van der Waals surface area contributed by atoms with Gasteiger partial charge in [-0.15, -0.1) is 22.7 Å². The molecule has 0 saturated heterocycles. The molecule has 0 saturated carbocycles. The lowest BCUT2D eigenvalue weighted by atomic mass is 9.68. The van der Waals surface area contributed by atoms with Gasteiger partial charge in [-0.1, -0.05) is 388 Å². The maximum Gasteiger partial charge on any atom is 0.0725 e.